The second-order valence-corrected chi connectivity index (χ2v) is 3.74. The lowest BCUT2D eigenvalue weighted by Gasteiger charge is -2.13. The Balaban J connectivity index is 2.13. The maximum Gasteiger partial charge on any atom is 0.246 e. The van der Waals surface area contributed by atoms with Crippen molar-refractivity contribution in [1.82, 2.24) is 15.1 Å². The molecular weight excluding hydrogens is 222 g/mol. The molecule has 0 bridgehead atoms. The standard InChI is InChI=1S/C11H19N3O3/c1-10(8-14-5-3-4-12-14)13-11(15)9-17-7-6-16-2/h3-5,10H,6-9H2,1-2H3,(H,13,15). The molecule has 0 aliphatic rings. The van der Waals surface area contributed by atoms with E-state index in [0.717, 1.165) is 0 Å². The van der Waals surface area contributed by atoms with Crippen LogP contribution in [-0.2, 0) is 20.8 Å². The first kappa shape index (κ1) is 13.7. The zero-order valence-electron chi connectivity index (χ0n) is 10.3. The molecule has 1 aromatic rings. The molecule has 1 unspecified atom stereocenters. The van der Waals surface area contributed by atoms with E-state index in [-0.39, 0.29) is 18.6 Å². The minimum Gasteiger partial charge on any atom is -0.382 e. The zero-order chi connectivity index (χ0) is 12.5. The Kier molecular flexibility index (Phi) is 6.27. The topological polar surface area (TPSA) is 65.4 Å². The molecular formula is C11H19N3O3. The van der Waals surface area contributed by atoms with Crippen LogP contribution in [0.15, 0.2) is 18.5 Å². The summed E-state index contributed by atoms with van der Waals surface area (Å²) in [6, 6.07) is 1.87. The van der Waals surface area contributed by atoms with Crippen molar-refractivity contribution in [2.45, 2.75) is 19.5 Å². The van der Waals surface area contributed by atoms with Crippen LogP contribution >= 0.6 is 0 Å². The summed E-state index contributed by atoms with van der Waals surface area (Å²) in [4.78, 5) is 11.4. The Morgan fingerprint density at radius 1 is 1.53 bits per heavy atom. The van der Waals surface area contributed by atoms with Crippen LogP contribution in [0.25, 0.3) is 0 Å². The van der Waals surface area contributed by atoms with Crippen molar-refractivity contribution in [1.29, 1.82) is 0 Å². The van der Waals surface area contributed by atoms with E-state index in [0.29, 0.717) is 19.8 Å². The number of nitrogens with zero attached hydrogens (tertiary/aromatic N) is 2. The van der Waals surface area contributed by atoms with E-state index >= 15 is 0 Å². The average molecular weight is 241 g/mol. The molecule has 6 heteroatoms. The van der Waals surface area contributed by atoms with Crippen molar-refractivity contribution >= 4 is 5.91 Å². The van der Waals surface area contributed by atoms with Gasteiger partial charge in [-0.15, -0.1) is 0 Å². The van der Waals surface area contributed by atoms with Crippen molar-refractivity contribution in [3.8, 4) is 0 Å². The van der Waals surface area contributed by atoms with Gasteiger partial charge in [-0.3, -0.25) is 9.48 Å². The lowest BCUT2D eigenvalue weighted by atomic mass is 10.3. The molecule has 6 nitrogen and oxygen atoms in total. The first-order valence-electron chi connectivity index (χ1n) is 5.56. The van der Waals surface area contributed by atoms with Crippen molar-refractivity contribution in [2.24, 2.45) is 0 Å². The number of aromatic nitrogens is 2. The monoisotopic (exact) mass is 241 g/mol. The summed E-state index contributed by atoms with van der Waals surface area (Å²) < 4.78 is 11.7. The Morgan fingerprint density at radius 3 is 3.00 bits per heavy atom. The van der Waals surface area contributed by atoms with Gasteiger partial charge in [0, 0.05) is 25.5 Å². The Labute approximate surface area is 101 Å². The molecule has 1 rings (SSSR count). The fourth-order valence-electron chi connectivity index (χ4n) is 1.36. The van der Waals surface area contributed by atoms with Crippen LogP contribution in [0, 0.1) is 0 Å². The lowest BCUT2D eigenvalue weighted by Crippen LogP contribution is -2.38. The summed E-state index contributed by atoms with van der Waals surface area (Å²) in [7, 11) is 1.59. The first-order valence-corrected chi connectivity index (χ1v) is 5.56. The largest absolute Gasteiger partial charge is 0.382 e. The van der Waals surface area contributed by atoms with Crippen molar-refractivity contribution in [2.75, 3.05) is 26.9 Å². The molecule has 0 fully saturated rings. The van der Waals surface area contributed by atoms with E-state index in [1.165, 1.54) is 0 Å². The number of nitrogens with one attached hydrogen (secondary N) is 1. The normalized spacial score (nSPS) is 12.4. The number of methoxy groups -OCH3 is 1. The van der Waals surface area contributed by atoms with Gasteiger partial charge in [-0.25, -0.2) is 0 Å². The van der Waals surface area contributed by atoms with Crippen LogP contribution in [0.1, 0.15) is 6.92 Å². The highest BCUT2D eigenvalue weighted by molar-refractivity contribution is 5.77. The maximum absolute atomic E-state index is 11.4. The van der Waals surface area contributed by atoms with Gasteiger partial charge in [-0.2, -0.15) is 5.10 Å². The molecule has 0 aliphatic heterocycles. The SMILES string of the molecule is COCCOCC(=O)NC(C)Cn1cccn1. The molecule has 1 heterocycles. The molecule has 0 aliphatic carbocycles. The second-order valence-electron chi connectivity index (χ2n) is 3.74. The van der Waals surface area contributed by atoms with Gasteiger partial charge in [0.2, 0.25) is 5.91 Å². The molecule has 0 aromatic carbocycles. The number of hydrogen-bond acceptors (Lipinski definition) is 4. The average Bonchev–Trinajstić information content (AvgIpc) is 2.77. The van der Waals surface area contributed by atoms with Crippen LogP contribution < -0.4 is 5.32 Å². The number of carbonyl (C=O) groups is 1. The zero-order valence-corrected chi connectivity index (χ0v) is 10.3. The number of carbonyl (C=O) groups excluding carboxylic acids is 1. The fraction of sp³-hybridized carbons (Fsp3) is 0.636. The molecule has 0 saturated heterocycles. The van der Waals surface area contributed by atoms with Gasteiger partial charge in [0.15, 0.2) is 0 Å². The van der Waals surface area contributed by atoms with E-state index in [1.54, 1.807) is 18.0 Å². The van der Waals surface area contributed by atoms with Crippen molar-refractivity contribution in [3.63, 3.8) is 0 Å². The Morgan fingerprint density at radius 2 is 2.35 bits per heavy atom. The smallest absolute Gasteiger partial charge is 0.246 e. The van der Waals surface area contributed by atoms with Gasteiger partial charge in [-0.1, -0.05) is 0 Å². The van der Waals surface area contributed by atoms with Crippen molar-refractivity contribution < 1.29 is 14.3 Å². The molecule has 1 atom stereocenters. The molecule has 1 aromatic heterocycles. The lowest BCUT2D eigenvalue weighted by molar-refractivity contribution is -0.126. The number of rotatable bonds is 8. The van der Waals surface area contributed by atoms with Gasteiger partial charge in [0.25, 0.3) is 0 Å². The molecule has 1 N–H and O–H groups in total. The molecule has 0 saturated carbocycles. The fourth-order valence-corrected chi connectivity index (χ4v) is 1.36. The Hall–Kier alpha value is -1.40. The quantitative estimate of drug-likeness (QED) is 0.653. The first-order chi connectivity index (χ1) is 8.22. The summed E-state index contributed by atoms with van der Waals surface area (Å²) in [6.07, 6.45) is 3.57. The van der Waals surface area contributed by atoms with E-state index in [2.05, 4.69) is 10.4 Å². The number of ether oxygens (including phenoxy) is 2. The molecule has 1 amide bonds. The molecule has 17 heavy (non-hydrogen) atoms. The highest BCUT2D eigenvalue weighted by atomic mass is 16.5. The maximum atomic E-state index is 11.4. The second kappa shape index (κ2) is 7.81. The van der Waals surface area contributed by atoms with Crippen LogP contribution in [0.2, 0.25) is 0 Å². The highest BCUT2D eigenvalue weighted by Crippen LogP contribution is 1.90. The van der Waals surface area contributed by atoms with Crippen LogP contribution in [0.4, 0.5) is 0 Å². The third kappa shape index (κ3) is 6.03. The predicted octanol–water partition coefficient (Wildman–Crippen LogP) is 0.0508. The van der Waals surface area contributed by atoms with Gasteiger partial charge >= 0.3 is 0 Å². The predicted molar refractivity (Wildman–Crippen MR) is 62.5 cm³/mol. The van der Waals surface area contributed by atoms with E-state index < -0.39 is 0 Å². The minimum absolute atomic E-state index is 0.0217. The summed E-state index contributed by atoms with van der Waals surface area (Å²) in [5.41, 5.74) is 0. The van der Waals surface area contributed by atoms with Crippen LogP contribution in [0.3, 0.4) is 0 Å². The van der Waals surface area contributed by atoms with E-state index in [4.69, 9.17) is 9.47 Å². The minimum atomic E-state index is -0.124. The number of amides is 1. The van der Waals surface area contributed by atoms with Gasteiger partial charge in [0.1, 0.15) is 6.61 Å². The molecule has 96 valence electrons. The third-order valence-electron chi connectivity index (χ3n) is 2.09. The highest BCUT2D eigenvalue weighted by Gasteiger charge is 2.07. The summed E-state index contributed by atoms with van der Waals surface area (Å²) >= 11 is 0. The number of hydrogen-bond donors (Lipinski definition) is 1. The van der Waals surface area contributed by atoms with Crippen LogP contribution in [-0.4, -0.2) is 48.7 Å². The van der Waals surface area contributed by atoms with Crippen LogP contribution in [0.5, 0.6) is 0 Å². The summed E-state index contributed by atoms with van der Waals surface area (Å²) in [5, 5.41) is 6.90. The Bertz CT molecular complexity index is 314. The summed E-state index contributed by atoms with van der Waals surface area (Å²) in [5.74, 6) is -0.124. The van der Waals surface area contributed by atoms with E-state index in [1.807, 2.05) is 19.2 Å². The van der Waals surface area contributed by atoms with Crippen molar-refractivity contribution in [3.05, 3.63) is 18.5 Å². The van der Waals surface area contributed by atoms with Gasteiger partial charge < -0.3 is 14.8 Å². The van der Waals surface area contributed by atoms with E-state index in [9.17, 15) is 4.79 Å². The van der Waals surface area contributed by atoms with Gasteiger partial charge in [-0.05, 0) is 13.0 Å². The molecule has 0 spiro atoms. The van der Waals surface area contributed by atoms with Gasteiger partial charge in [0.05, 0.1) is 19.8 Å². The summed E-state index contributed by atoms with van der Waals surface area (Å²) in [6.45, 7) is 3.56. The third-order valence-corrected chi connectivity index (χ3v) is 2.09. The molecule has 0 radical (unpaired) electrons.